The highest BCUT2D eigenvalue weighted by Crippen LogP contribution is 2.25. The molecule has 6 nitrogen and oxygen atoms in total. The molecule has 0 unspecified atom stereocenters. The van der Waals surface area contributed by atoms with E-state index in [1.165, 1.54) is 6.07 Å². The number of hydrogen-bond acceptors (Lipinski definition) is 4. The van der Waals surface area contributed by atoms with Crippen LogP contribution in [0.4, 0.5) is 11.4 Å². The fourth-order valence-corrected chi connectivity index (χ4v) is 1.89. The van der Waals surface area contributed by atoms with Crippen molar-refractivity contribution in [2.75, 3.05) is 11.9 Å². The second-order valence-electron chi connectivity index (χ2n) is 4.78. The van der Waals surface area contributed by atoms with Gasteiger partial charge in [-0.25, -0.2) is 0 Å². The van der Waals surface area contributed by atoms with Gasteiger partial charge in [0.15, 0.2) is 0 Å². The van der Waals surface area contributed by atoms with Gasteiger partial charge in [0.2, 0.25) is 5.91 Å². The summed E-state index contributed by atoms with van der Waals surface area (Å²) in [5, 5.41) is 13.5. The average molecular weight is 279 g/mol. The van der Waals surface area contributed by atoms with Crippen molar-refractivity contribution in [2.45, 2.75) is 39.0 Å². The summed E-state index contributed by atoms with van der Waals surface area (Å²) in [4.78, 5) is 22.2. The lowest BCUT2D eigenvalue weighted by Gasteiger charge is -2.06. The summed E-state index contributed by atoms with van der Waals surface area (Å²) in [6, 6.07) is 4.76. The number of carbonyl (C=O) groups is 1. The van der Waals surface area contributed by atoms with E-state index in [4.69, 9.17) is 5.73 Å². The Balaban J connectivity index is 2.51. The predicted molar refractivity (Wildman–Crippen MR) is 78.6 cm³/mol. The van der Waals surface area contributed by atoms with E-state index in [-0.39, 0.29) is 17.3 Å². The van der Waals surface area contributed by atoms with Crippen molar-refractivity contribution in [2.24, 2.45) is 5.73 Å². The number of nitro benzene ring substituents is 1. The monoisotopic (exact) mass is 279 g/mol. The van der Waals surface area contributed by atoms with Crippen LogP contribution in [0.1, 0.15) is 37.7 Å². The van der Waals surface area contributed by atoms with Crippen molar-refractivity contribution in [3.63, 3.8) is 0 Å². The number of nitrogens with one attached hydrogen (secondary N) is 1. The molecule has 3 N–H and O–H groups in total. The minimum absolute atomic E-state index is 0.0681. The van der Waals surface area contributed by atoms with Crippen LogP contribution < -0.4 is 11.1 Å². The van der Waals surface area contributed by atoms with Gasteiger partial charge in [0, 0.05) is 12.5 Å². The maximum Gasteiger partial charge on any atom is 0.293 e. The van der Waals surface area contributed by atoms with E-state index < -0.39 is 4.92 Å². The molecule has 0 aliphatic heterocycles. The molecule has 0 bridgehead atoms. The van der Waals surface area contributed by atoms with Crippen LogP contribution in [0.2, 0.25) is 0 Å². The molecule has 1 rings (SSSR count). The van der Waals surface area contributed by atoms with Crippen LogP contribution in [-0.4, -0.2) is 17.4 Å². The highest BCUT2D eigenvalue weighted by atomic mass is 16.6. The van der Waals surface area contributed by atoms with Crippen LogP contribution in [0, 0.1) is 17.0 Å². The number of rotatable bonds is 8. The first-order valence-electron chi connectivity index (χ1n) is 6.79. The lowest BCUT2D eigenvalue weighted by Crippen LogP contribution is -2.12. The van der Waals surface area contributed by atoms with Gasteiger partial charge in [-0.05, 0) is 37.9 Å². The molecular formula is C14H21N3O3. The zero-order valence-electron chi connectivity index (χ0n) is 11.7. The number of nitro groups is 1. The SMILES string of the molecule is Cc1ccc(NC(=O)CCCCCCN)c([N+](=O)[O-])c1. The quantitative estimate of drug-likeness (QED) is 0.434. The second kappa shape index (κ2) is 8.27. The number of amides is 1. The Morgan fingerprint density at radius 3 is 2.65 bits per heavy atom. The summed E-state index contributed by atoms with van der Waals surface area (Å²) in [6.45, 7) is 2.44. The first-order chi connectivity index (χ1) is 9.54. The van der Waals surface area contributed by atoms with Gasteiger partial charge >= 0.3 is 0 Å². The molecular weight excluding hydrogens is 258 g/mol. The van der Waals surface area contributed by atoms with Gasteiger partial charge in [0.25, 0.3) is 5.69 Å². The Kier molecular flexibility index (Phi) is 6.66. The second-order valence-corrected chi connectivity index (χ2v) is 4.78. The van der Waals surface area contributed by atoms with Crippen molar-refractivity contribution in [1.82, 2.24) is 0 Å². The van der Waals surface area contributed by atoms with E-state index in [1.54, 1.807) is 19.1 Å². The third-order valence-electron chi connectivity index (χ3n) is 2.98. The molecule has 0 spiro atoms. The molecule has 1 aromatic rings. The molecule has 1 aromatic carbocycles. The minimum atomic E-state index is -0.482. The van der Waals surface area contributed by atoms with Crippen LogP contribution in [-0.2, 0) is 4.79 Å². The zero-order chi connectivity index (χ0) is 15.0. The maximum absolute atomic E-state index is 11.7. The van der Waals surface area contributed by atoms with E-state index in [0.717, 1.165) is 31.2 Å². The van der Waals surface area contributed by atoms with Crippen molar-refractivity contribution in [3.05, 3.63) is 33.9 Å². The van der Waals surface area contributed by atoms with Gasteiger partial charge in [-0.2, -0.15) is 0 Å². The molecule has 0 fully saturated rings. The Hall–Kier alpha value is -1.95. The number of hydrogen-bond donors (Lipinski definition) is 2. The van der Waals surface area contributed by atoms with Crippen LogP contribution in [0.5, 0.6) is 0 Å². The van der Waals surface area contributed by atoms with Gasteiger partial charge in [-0.1, -0.05) is 18.9 Å². The van der Waals surface area contributed by atoms with E-state index in [9.17, 15) is 14.9 Å². The van der Waals surface area contributed by atoms with Crippen molar-refractivity contribution >= 4 is 17.3 Å². The summed E-state index contributed by atoms with van der Waals surface area (Å²) in [5.74, 6) is -0.190. The van der Waals surface area contributed by atoms with Crippen molar-refractivity contribution < 1.29 is 9.72 Å². The first kappa shape index (κ1) is 16.1. The van der Waals surface area contributed by atoms with Crippen LogP contribution in [0.25, 0.3) is 0 Å². The maximum atomic E-state index is 11.7. The molecule has 0 aliphatic rings. The number of unbranched alkanes of at least 4 members (excludes halogenated alkanes) is 3. The standard InChI is InChI=1S/C14H21N3O3/c1-11-7-8-12(13(10-11)17(19)20)16-14(18)6-4-2-3-5-9-15/h7-8,10H,2-6,9,15H2,1H3,(H,16,18). The van der Waals surface area contributed by atoms with Crippen LogP contribution >= 0.6 is 0 Å². The molecule has 0 saturated carbocycles. The third kappa shape index (κ3) is 5.36. The summed E-state index contributed by atoms with van der Waals surface area (Å²) in [6.07, 6.45) is 4.06. The first-order valence-corrected chi connectivity index (χ1v) is 6.79. The minimum Gasteiger partial charge on any atom is -0.330 e. The fourth-order valence-electron chi connectivity index (χ4n) is 1.89. The zero-order valence-corrected chi connectivity index (χ0v) is 11.7. The summed E-state index contributed by atoms with van der Waals surface area (Å²) in [5.41, 5.74) is 6.36. The summed E-state index contributed by atoms with van der Waals surface area (Å²) in [7, 11) is 0. The molecule has 20 heavy (non-hydrogen) atoms. The van der Waals surface area contributed by atoms with Crippen LogP contribution in [0.15, 0.2) is 18.2 Å². The smallest absolute Gasteiger partial charge is 0.293 e. The third-order valence-corrected chi connectivity index (χ3v) is 2.98. The Bertz CT molecular complexity index is 475. The van der Waals surface area contributed by atoms with Gasteiger partial charge < -0.3 is 11.1 Å². The molecule has 0 heterocycles. The molecule has 0 saturated heterocycles. The normalized spacial score (nSPS) is 10.3. The van der Waals surface area contributed by atoms with Gasteiger partial charge in [0.1, 0.15) is 5.69 Å². The number of nitrogens with zero attached hydrogens (tertiary/aromatic N) is 1. The summed E-state index contributed by atoms with van der Waals surface area (Å²) >= 11 is 0. The molecule has 1 amide bonds. The van der Waals surface area contributed by atoms with Crippen molar-refractivity contribution in [3.8, 4) is 0 Å². The Morgan fingerprint density at radius 1 is 1.30 bits per heavy atom. The summed E-state index contributed by atoms with van der Waals surface area (Å²) < 4.78 is 0. The molecule has 0 aliphatic carbocycles. The predicted octanol–water partition coefficient (Wildman–Crippen LogP) is 2.75. The van der Waals surface area contributed by atoms with Crippen LogP contribution in [0.3, 0.4) is 0 Å². The molecule has 6 heteroatoms. The number of carbonyl (C=O) groups excluding carboxylic acids is 1. The van der Waals surface area contributed by atoms with Crippen molar-refractivity contribution in [1.29, 1.82) is 0 Å². The molecule has 0 aromatic heterocycles. The Morgan fingerprint density at radius 2 is 2.00 bits per heavy atom. The molecule has 0 atom stereocenters. The number of nitrogens with two attached hydrogens (primary N) is 1. The average Bonchev–Trinajstić information content (AvgIpc) is 2.40. The lowest BCUT2D eigenvalue weighted by atomic mass is 10.1. The molecule has 0 radical (unpaired) electrons. The number of anilines is 1. The van der Waals surface area contributed by atoms with E-state index in [1.807, 2.05) is 0 Å². The molecule has 110 valence electrons. The number of aryl methyl sites for hydroxylation is 1. The van der Waals surface area contributed by atoms with E-state index in [2.05, 4.69) is 5.32 Å². The van der Waals surface area contributed by atoms with Gasteiger partial charge in [0.05, 0.1) is 4.92 Å². The van der Waals surface area contributed by atoms with E-state index >= 15 is 0 Å². The Labute approximate surface area is 118 Å². The van der Waals surface area contributed by atoms with E-state index in [0.29, 0.717) is 13.0 Å². The fraction of sp³-hybridized carbons (Fsp3) is 0.500. The largest absolute Gasteiger partial charge is 0.330 e. The highest BCUT2D eigenvalue weighted by Gasteiger charge is 2.15. The highest BCUT2D eigenvalue weighted by molar-refractivity contribution is 5.93. The topological polar surface area (TPSA) is 98.3 Å². The number of benzene rings is 1. The van der Waals surface area contributed by atoms with Gasteiger partial charge in [-0.15, -0.1) is 0 Å². The lowest BCUT2D eigenvalue weighted by molar-refractivity contribution is -0.384. The van der Waals surface area contributed by atoms with Gasteiger partial charge in [-0.3, -0.25) is 14.9 Å².